The molecule has 0 aliphatic rings. The average Bonchev–Trinajstić information content (AvgIpc) is 2.24. The van der Waals surface area contributed by atoms with Crippen LogP contribution in [0.2, 0.25) is 0 Å². The molecular weight excluding hydrogens is 210 g/mol. The summed E-state index contributed by atoms with van der Waals surface area (Å²) in [6.45, 7) is 9.27. The lowest BCUT2D eigenvalue weighted by Gasteiger charge is -2.21. The van der Waals surface area contributed by atoms with Gasteiger partial charge < -0.3 is 4.90 Å². The lowest BCUT2D eigenvalue weighted by Crippen LogP contribution is -2.22. The molecule has 17 heavy (non-hydrogen) atoms. The van der Waals surface area contributed by atoms with Crippen LogP contribution < -0.4 is 4.90 Å². The van der Waals surface area contributed by atoms with Gasteiger partial charge in [-0.15, -0.1) is 0 Å². The lowest BCUT2D eigenvalue weighted by molar-refractivity contribution is 0.583. The van der Waals surface area contributed by atoms with E-state index in [-0.39, 0.29) is 0 Å². The summed E-state index contributed by atoms with van der Waals surface area (Å²) in [4.78, 5) is 6.57. The standard InChI is InChI=1S/C14H21N3/c1-10(2)6-7-17(5)14-13(9-15)11(3)8-12(4)16-14/h8,10H,6-7H2,1-5H3. The Morgan fingerprint density at radius 3 is 2.59 bits per heavy atom. The molecule has 3 heteroatoms. The molecule has 0 spiro atoms. The fourth-order valence-corrected chi connectivity index (χ4v) is 1.79. The van der Waals surface area contributed by atoms with E-state index in [9.17, 15) is 5.26 Å². The van der Waals surface area contributed by atoms with Crippen molar-refractivity contribution in [2.24, 2.45) is 5.92 Å². The predicted molar refractivity (Wildman–Crippen MR) is 71.2 cm³/mol. The average molecular weight is 231 g/mol. The lowest BCUT2D eigenvalue weighted by atomic mass is 10.1. The number of aryl methyl sites for hydroxylation is 2. The van der Waals surface area contributed by atoms with Gasteiger partial charge in [0, 0.05) is 19.3 Å². The third-order valence-electron chi connectivity index (χ3n) is 2.84. The Morgan fingerprint density at radius 1 is 1.41 bits per heavy atom. The van der Waals surface area contributed by atoms with Crippen molar-refractivity contribution < 1.29 is 0 Å². The largest absolute Gasteiger partial charge is 0.359 e. The van der Waals surface area contributed by atoms with E-state index >= 15 is 0 Å². The molecule has 1 rings (SSSR count). The van der Waals surface area contributed by atoms with Gasteiger partial charge in [0.05, 0.1) is 5.56 Å². The minimum absolute atomic E-state index is 0.661. The van der Waals surface area contributed by atoms with Gasteiger partial charge in [-0.2, -0.15) is 5.26 Å². The molecule has 0 aliphatic carbocycles. The number of pyridine rings is 1. The molecule has 3 nitrogen and oxygen atoms in total. The molecule has 1 aromatic heterocycles. The van der Waals surface area contributed by atoms with Crippen LogP contribution in [-0.2, 0) is 0 Å². The number of nitrogens with zero attached hydrogens (tertiary/aromatic N) is 3. The molecule has 1 heterocycles. The van der Waals surface area contributed by atoms with Crippen LogP contribution in [0.25, 0.3) is 0 Å². The summed E-state index contributed by atoms with van der Waals surface area (Å²) in [5.74, 6) is 1.47. The second kappa shape index (κ2) is 5.67. The Kier molecular flexibility index (Phi) is 4.51. The molecule has 1 aromatic rings. The first kappa shape index (κ1) is 13.5. The highest BCUT2D eigenvalue weighted by Crippen LogP contribution is 2.21. The summed E-state index contributed by atoms with van der Waals surface area (Å²) < 4.78 is 0. The normalized spacial score (nSPS) is 10.4. The van der Waals surface area contributed by atoms with Gasteiger partial charge in [-0.25, -0.2) is 4.98 Å². The monoisotopic (exact) mass is 231 g/mol. The van der Waals surface area contributed by atoms with Crippen molar-refractivity contribution in [3.05, 3.63) is 22.9 Å². The van der Waals surface area contributed by atoms with E-state index in [4.69, 9.17) is 0 Å². The van der Waals surface area contributed by atoms with Crippen molar-refractivity contribution in [1.29, 1.82) is 5.26 Å². The zero-order valence-electron chi connectivity index (χ0n) is 11.4. The molecule has 0 aromatic carbocycles. The first-order chi connectivity index (χ1) is 7.95. The van der Waals surface area contributed by atoms with Crippen LogP contribution in [0.15, 0.2) is 6.07 Å². The molecule has 92 valence electrons. The van der Waals surface area contributed by atoms with Crippen molar-refractivity contribution in [1.82, 2.24) is 4.98 Å². The van der Waals surface area contributed by atoms with Gasteiger partial charge in [-0.1, -0.05) is 13.8 Å². The van der Waals surface area contributed by atoms with Crippen LogP contribution in [0, 0.1) is 31.1 Å². The van der Waals surface area contributed by atoms with Crippen LogP contribution in [-0.4, -0.2) is 18.6 Å². The predicted octanol–water partition coefficient (Wildman–Crippen LogP) is 3.05. The molecule has 0 aliphatic heterocycles. The summed E-state index contributed by atoms with van der Waals surface area (Å²) >= 11 is 0. The van der Waals surface area contributed by atoms with Crippen molar-refractivity contribution in [2.75, 3.05) is 18.5 Å². The molecule has 0 saturated carbocycles. The van der Waals surface area contributed by atoms with Gasteiger partial charge in [0.25, 0.3) is 0 Å². The quantitative estimate of drug-likeness (QED) is 0.799. The Bertz CT molecular complexity index is 430. The molecule has 0 saturated heterocycles. The van der Waals surface area contributed by atoms with Crippen molar-refractivity contribution in [2.45, 2.75) is 34.1 Å². The molecule has 0 bridgehead atoms. The van der Waals surface area contributed by atoms with E-state index in [1.165, 1.54) is 0 Å². The third kappa shape index (κ3) is 3.45. The summed E-state index contributed by atoms with van der Waals surface area (Å²) in [7, 11) is 2.00. The maximum atomic E-state index is 9.20. The van der Waals surface area contributed by atoms with Gasteiger partial charge in [0.1, 0.15) is 11.9 Å². The summed E-state index contributed by atoms with van der Waals surface area (Å²) in [5.41, 5.74) is 2.67. The first-order valence-corrected chi connectivity index (χ1v) is 6.05. The topological polar surface area (TPSA) is 39.9 Å². The zero-order chi connectivity index (χ0) is 13.0. The van der Waals surface area contributed by atoms with Crippen molar-refractivity contribution >= 4 is 5.82 Å². The summed E-state index contributed by atoms with van der Waals surface area (Å²) in [6, 6.07) is 4.21. The van der Waals surface area contributed by atoms with Crippen molar-refractivity contribution in [3.8, 4) is 6.07 Å². The van der Waals surface area contributed by atoms with Gasteiger partial charge in [-0.05, 0) is 37.8 Å². The van der Waals surface area contributed by atoms with E-state index < -0.39 is 0 Å². The van der Waals surface area contributed by atoms with E-state index in [1.54, 1.807) is 0 Å². The third-order valence-corrected chi connectivity index (χ3v) is 2.84. The Balaban J connectivity index is 3.00. The maximum Gasteiger partial charge on any atom is 0.146 e. The van der Waals surface area contributed by atoms with Gasteiger partial charge in [0.2, 0.25) is 0 Å². The number of anilines is 1. The number of hydrogen-bond donors (Lipinski definition) is 0. The second-order valence-corrected chi connectivity index (χ2v) is 5.00. The maximum absolute atomic E-state index is 9.20. The number of nitriles is 1. The van der Waals surface area contributed by atoms with E-state index in [0.717, 1.165) is 30.0 Å². The Hall–Kier alpha value is -1.56. The highest BCUT2D eigenvalue weighted by atomic mass is 15.2. The van der Waals surface area contributed by atoms with Gasteiger partial charge in [0.15, 0.2) is 0 Å². The second-order valence-electron chi connectivity index (χ2n) is 5.00. The smallest absolute Gasteiger partial charge is 0.146 e. The van der Waals surface area contributed by atoms with Gasteiger partial charge >= 0.3 is 0 Å². The fraction of sp³-hybridized carbons (Fsp3) is 0.571. The molecule has 0 fully saturated rings. The molecular formula is C14H21N3. The Morgan fingerprint density at radius 2 is 2.06 bits per heavy atom. The van der Waals surface area contributed by atoms with Crippen LogP contribution in [0.1, 0.15) is 37.1 Å². The Labute approximate surface area is 104 Å². The van der Waals surface area contributed by atoms with E-state index in [1.807, 2.05) is 27.0 Å². The highest BCUT2D eigenvalue weighted by Gasteiger charge is 2.12. The number of aromatic nitrogens is 1. The molecule has 0 radical (unpaired) electrons. The van der Waals surface area contributed by atoms with Crippen LogP contribution in [0.5, 0.6) is 0 Å². The summed E-state index contributed by atoms with van der Waals surface area (Å²) in [5, 5.41) is 9.20. The molecule has 0 N–H and O–H groups in total. The van der Waals surface area contributed by atoms with E-state index in [2.05, 4.69) is 29.8 Å². The molecule has 0 atom stereocenters. The van der Waals surface area contributed by atoms with Crippen molar-refractivity contribution in [3.63, 3.8) is 0 Å². The zero-order valence-corrected chi connectivity index (χ0v) is 11.4. The summed E-state index contributed by atoms with van der Waals surface area (Å²) in [6.07, 6.45) is 1.11. The van der Waals surface area contributed by atoms with Crippen LogP contribution >= 0.6 is 0 Å². The van der Waals surface area contributed by atoms with E-state index in [0.29, 0.717) is 11.5 Å². The number of rotatable bonds is 4. The molecule has 0 unspecified atom stereocenters. The minimum Gasteiger partial charge on any atom is -0.359 e. The highest BCUT2D eigenvalue weighted by molar-refractivity contribution is 5.57. The minimum atomic E-state index is 0.661. The van der Waals surface area contributed by atoms with Crippen LogP contribution in [0.4, 0.5) is 5.82 Å². The molecule has 0 amide bonds. The fourth-order valence-electron chi connectivity index (χ4n) is 1.79. The van der Waals surface area contributed by atoms with Crippen LogP contribution in [0.3, 0.4) is 0 Å². The SMILES string of the molecule is Cc1cc(C)c(C#N)c(N(C)CCC(C)C)n1. The van der Waals surface area contributed by atoms with Gasteiger partial charge in [-0.3, -0.25) is 0 Å². The number of hydrogen-bond acceptors (Lipinski definition) is 3. The first-order valence-electron chi connectivity index (χ1n) is 6.05.